The first-order chi connectivity index (χ1) is 13.5. The molecule has 4 rings (SSSR count). The first-order valence-corrected chi connectivity index (χ1v) is 9.70. The number of benzene rings is 1. The summed E-state index contributed by atoms with van der Waals surface area (Å²) in [6.45, 7) is 7.25. The minimum Gasteiger partial charge on any atom is -0.370 e. The molecule has 5 nitrogen and oxygen atoms in total. The van der Waals surface area contributed by atoms with Crippen LogP contribution in [0.25, 0.3) is 22.2 Å². The Morgan fingerprint density at radius 1 is 1.36 bits per heavy atom. The molecule has 0 spiro atoms. The Bertz CT molecular complexity index is 1060. The highest BCUT2D eigenvalue weighted by Gasteiger charge is 2.20. The van der Waals surface area contributed by atoms with Crippen molar-refractivity contribution in [2.24, 2.45) is 0 Å². The number of ether oxygens (including phenoxy) is 1. The van der Waals surface area contributed by atoms with E-state index in [1.54, 1.807) is 4.90 Å². The van der Waals surface area contributed by atoms with E-state index in [1.807, 2.05) is 37.4 Å². The number of allylic oxidation sites excluding steroid dienone is 1. The Hall–Kier alpha value is -2.63. The summed E-state index contributed by atoms with van der Waals surface area (Å²) in [6.07, 6.45) is 3.53. The standard InChI is InChI=1S/C22H22ClN3O2/c1-14(2)6-7-18-19-11-16(12-24-22(19)25-21(18)23)15-4-3-5-17(10-15)26-8-9-28-13-20(26)27/h3-5,10-12H,1,6-9,13H2,2H3,(H,24,25). The molecular weight excluding hydrogens is 374 g/mol. The van der Waals surface area contributed by atoms with Gasteiger partial charge < -0.3 is 14.6 Å². The number of pyridine rings is 1. The molecule has 6 heteroatoms. The fourth-order valence-electron chi connectivity index (χ4n) is 3.48. The van der Waals surface area contributed by atoms with Crippen molar-refractivity contribution in [1.29, 1.82) is 0 Å². The zero-order valence-corrected chi connectivity index (χ0v) is 16.6. The molecule has 0 atom stereocenters. The fourth-order valence-corrected chi connectivity index (χ4v) is 3.76. The van der Waals surface area contributed by atoms with Crippen LogP contribution in [0.1, 0.15) is 18.9 Å². The van der Waals surface area contributed by atoms with Gasteiger partial charge in [0.2, 0.25) is 0 Å². The van der Waals surface area contributed by atoms with Crippen molar-refractivity contribution >= 4 is 34.2 Å². The molecule has 1 fully saturated rings. The maximum atomic E-state index is 12.2. The Morgan fingerprint density at radius 3 is 3.00 bits per heavy atom. The van der Waals surface area contributed by atoms with Crippen LogP contribution in [0.4, 0.5) is 5.69 Å². The SMILES string of the molecule is C=C(C)CCc1c(Cl)[nH]c2ncc(-c3cccc(N4CCOCC4=O)c3)cc12. The van der Waals surface area contributed by atoms with Gasteiger partial charge >= 0.3 is 0 Å². The van der Waals surface area contributed by atoms with Crippen molar-refractivity contribution in [3.63, 3.8) is 0 Å². The number of rotatable bonds is 5. The van der Waals surface area contributed by atoms with Crippen molar-refractivity contribution in [1.82, 2.24) is 9.97 Å². The molecule has 0 aliphatic carbocycles. The summed E-state index contributed by atoms with van der Waals surface area (Å²) in [5.41, 5.74) is 5.84. The molecule has 0 radical (unpaired) electrons. The number of nitrogens with one attached hydrogen (secondary N) is 1. The van der Waals surface area contributed by atoms with E-state index in [9.17, 15) is 4.79 Å². The Labute approximate surface area is 169 Å². The normalized spacial score (nSPS) is 14.6. The van der Waals surface area contributed by atoms with E-state index in [2.05, 4.69) is 22.6 Å². The van der Waals surface area contributed by atoms with E-state index >= 15 is 0 Å². The quantitative estimate of drug-likeness (QED) is 0.634. The molecule has 1 saturated heterocycles. The summed E-state index contributed by atoms with van der Waals surface area (Å²) in [4.78, 5) is 21.6. The zero-order chi connectivity index (χ0) is 19.7. The molecule has 2 aromatic heterocycles. The van der Waals surface area contributed by atoms with Crippen molar-refractivity contribution in [3.05, 3.63) is 59.4 Å². The second kappa shape index (κ2) is 7.78. The molecule has 3 heterocycles. The molecule has 0 bridgehead atoms. The van der Waals surface area contributed by atoms with Gasteiger partial charge in [0.15, 0.2) is 0 Å². The van der Waals surface area contributed by atoms with Crippen LogP contribution in [0.15, 0.2) is 48.7 Å². The van der Waals surface area contributed by atoms with Crippen molar-refractivity contribution < 1.29 is 9.53 Å². The highest BCUT2D eigenvalue weighted by molar-refractivity contribution is 6.31. The van der Waals surface area contributed by atoms with Gasteiger partial charge in [-0.2, -0.15) is 0 Å². The number of aryl methyl sites for hydroxylation is 1. The van der Waals surface area contributed by atoms with Crippen LogP contribution in [0, 0.1) is 0 Å². The average Bonchev–Trinajstić information content (AvgIpc) is 3.01. The number of morpholine rings is 1. The molecule has 28 heavy (non-hydrogen) atoms. The third-order valence-corrected chi connectivity index (χ3v) is 5.31. The highest BCUT2D eigenvalue weighted by Crippen LogP contribution is 2.32. The molecule has 1 aromatic carbocycles. The minimum atomic E-state index is -0.0172. The molecule has 144 valence electrons. The lowest BCUT2D eigenvalue weighted by Crippen LogP contribution is -2.41. The van der Waals surface area contributed by atoms with Gasteiger partial charge in [-0.05, 0) is 49.1 Å². The fraction of sp³-hybridized carbons (Fsp3) is 0.273. The van der Waals surface area contributed by atoms with Gasteiger partial charge in [0.25, 0.3) is 5.91 Å². The van der Waals surface area contributed by atoms with Crippen LogP contribution < -0.4 is 4.90 Å². The van der Waals surface area contributed by atoms with Crippen LogP contribution in [-0.4, -0.2) is 35.6 Å². The molecular formula is C22H22ClN3O2. The summed E-state index contributed by atoms with van der Waals surface area (Å²) >= 11 is 6.41. The monoisotopic (exact) mass is 395 g/mol. The number of anilines is 1. The van der Waals surface area contributed by atoms with Gasteiger partial charge in [-0.15, -0.1) is 6.58 Å². The first kappa shape index (κ1) is 18.7. The Kier molecular flexibility index (Phi) is 5.20. The number of amides is 1. The van der Waals surface area contributed by atoms with E-state index in [0.717, 1.165) is 51.8 Å². The number of hydrogen-bond acceptors (Lipinski definition) is 3. The highest BCUT2D eigenvalue weighted by atomic mass is 35.5. The van der Waals surface area contributed by atoms with Crippen molar-refractivity contribution in [2.75, 3.05) is 24.7 Å². The number of halogens is 1. The van der Waals surface area contributed by atoms with E-state index in [1.165, 1.54) is 0 Å². The van der Waals surface area contributed by atoms with Crippen LogP contribution in [0.2, 0.25) is 5.15 Å². The number of aromatic amines is 1. The predicted molar refractivity (Wildman–Crippen MR) is 113 cm³/mol. The predicted octanol–water partition coefficient (Wildman–Crippen LogP) is 4.76. The van der Waals surface area contributed by atoms with E-state index < -0.39 is 0 Å². The van der Waals surface area contributed by atoms with Crippen LogP contribution in [0.5, 0.6) is 0 Å². The topological polar surface area (TPSA) is 58.2 Å². The van der Waals surface area contributed by atoms with Crippen LogP contribution in [0.3, 0.4) is 0 Å². The first-order valence-electron chi connectivity index (χ1n) is 9.32. The number of carbonyl (C=O) groups is 1. The van der Waals surface area contributed by atoms with E-state index in [4.69, 9.17) is 16.3 Å². The second-order valence-corrected chi connectivity index (χ2v) is 7.52. The lowest BCUT2D eigenvalue weighted by molar-refractivity contribution is -0.125. The lowest BCUT2D eigenvalue weighted by Gasteiger charge is -2.27. The largest absolute Gasteiger partial charge is 0.370 e. The zero-order valence-electron chi connectivity index (χ0n) is 15.8. The summed E-state index contributed by atoms with van der Waals surface area (Å²) in [7, 11) is 0. The number of H-pyrrole nitrogens is 1. The molecule has 0 saturated carbocycles. The van der Waals surface area contributed by atoms with Gasteiger partial charge in [0.05, 0.1) is 6.61 Å². The number of nitrogens with zero attached hydrogens (tertiary/aromatic N) is 2. The second-order valence-electron chi connectivity index (χ2n) is 7.14. The van der Waals surface area contributed by atoms with Crippen LogP contribution in [-0.2, 0) is 16.0 Å². The van der Waals surface area contributed by atoms with Gasteiger partial charge in [-0.1, -0.05) is 29.3 Å². The summed E-state index contributed by atoms with van der Waals surface area (Å²) < 4.78 is 5.23. The minimum absolute atomic E-state index is 0.0172. The molecule has 1 aliphatic rings. The third-order valence-electron chi connectivity index (χ3n) is 4.98. The number of hydrogen-bond donors (Lipinski definition) is 1. The molecule has 0 unspecified atom stereocenters. The average molecular weight is 396 g/mol. The van der Waals surface area contributed by atoms with Gasteiger partial charge in [0.1, 0.15) is 17.4 Å². The molecule has 1 N–H and O–H groups in total. The number of aromatic nitrogens is 2. The lowest BCUT2D eigenvalue weighted by atomic mass is 10.0. The third kappa shape index (κ3) is 3.68. The van der Waals surface area contributed by atoms with E-state index in [-0.39, 0.29) is 12.5 Å². The molecule has 1 aliphatic heterocycles. The smallest absolute Gasteiger partial charge is 0.253 e. The van der Waals surface area contributed by atoms with Gasteiger partial charge in [-0.25, -0.2) is 4.98 Å². The van der Waals surface area contributed by atoms with Gasteiger partial charge in [0, 0.05) is 29.4 Å². The molecule has 1 amide bonds. The Balaban J connectivity index is 1.71. The summed E-state index contributed by atoms with van der Waals surface area (Å²) in [6, 6.07) is 10.1. The van der Waals surface area contributed by atoms with E-state index in [0.29, 0.717) is 18.3 Å². The number of carbonyl (C=O) groups excluding carboxylic acids is 1. The van der Waals surface area contributed by atoms with Crippen molar-refractivity contribution in [2.45, 2.75) is 19.8 Å². The maximum absolute atomic E-state index is 12.2. The van der Waals surface area contributed by atoms with Gasteiger partial charge in [-0.3, -0.25) is 4.79 Å². The van der Waals surface area contributed by atoms with Crippen molar-refractivity contribution in [3.8, 4) is 11.1 Å². The summed E-state index contributed by atoms with van der Waals surface area (Å²) in [5.74, 6) is -0.0172. The Morgan fingerprint density at radius 2 is 2.21 bits per heavy atom. The number of fused-ring (bicyclic) bond motifs is 1. The van der Waals surface area contributed by atoms with Crippen LogP contribution >= 0.6 is 11.6 Å². The maximum Gasteiger partial charge on any atom is 0.253 e. The summed E-state index contributed by atoms with van der Waals surface area (Å²) in [5, 5.41) is 1.66. The molecule has 3 aromatic rings.